The monoisotopic (exact) mass is 348 g/mol. The van der Waals surface area contributed by atoms with Gasteiger partial charge in [0.15, 0.2) is 5.82 Å². The summed E-state index contributed by atoms with van der Waals surface area (Å²) in [7, 11) is 1.16. The fourth-order valence-corrected chi connectivity index (χ4v) is 1.91. The molecule has 6 heteroatoms. The number of carbonyl (C=O) groups is 1. The number of hydrogen-bond donors (Lipinski definition) is 0. The van der Waals surface area contributed by atoms with Crippen LogP contribution >= 0.6 is 45.8 Å². The molecule has 0 N–H and O–H groups in total. The Labute approximate surface area is 103 Å². The Morgan fingerprint density at radius 2 is 2.14 bits per heavy atom. The van der Waals surface area contributed by atoms with Gasteiger partial charge >= 0.3 is 5.97 Å². The summed E-state index contributed by atoms with van der Waals surface area (Å²) in [6, 6.07) is 1.15. The van der Waals surface area contributed by atoms with E-state index in [9.17, 15) is 9.18 Å². The fourth-order valence-electron chi connectivity index (χ4n) is 0.831. The molecule has 0 spiro atoms. The molecule has 1 aromatic carbocycles. The van der Waals surface area contributed by atoms with E-state index < -0.39 is 11.8 Å². The maximum atomic E-state index is 13.4. The van der Waals surface area contributed by atoms with Crippen LogP contribution in [0.15, 0.2) is 6.07 Å². The van der Waals surface area contributed by atoms with Crippen molar-refractivity contribution < 1.29 is 13.9 Å². The van der Waals surface area contributed by atoms with Gasteiger partial charge in [-0.15, -0.1) is 0 Å². The van der Waals surface area contributed by atoms with Gasteiger partial charge in [0.05, 0.1) is 26.3 Å². The molecule has 1 aromatic rings. The average molecular weight is 349 g/mol. The number of esters is 1. The zero-order valence-corrected chi connectivity index (χ0v) is 10.6. The summed E-state index contributed by atoms with van der Waals surface area (Å²) in [5, 5.41) is 0.218. The summed E-state index contributed by atoms with van der Waals surface area (Å²) in [4.78, 5) is 11.1. The molecule has 0 heterocycles. The lowest BCUT2D eigenvalue weighted by Crippen LogP contribution is -2.06. The van der Waals surface area contributed by atoms with Gasteiger partial charge in [0.2, 0.25) is 0 Å². The SMILES string of the molecule is COC(=O)c1cc(Cl)c(Cl)c(I)c1F. The maximum Gasteiger partial charge on any atom is 0.340 e. The van der Waals surface area contributed by atoms with Crippen LogP contribution < -0.4 is 0 Å². The third kappa shape index (κ3) is 2.12. The molecule has 0 fully saturated rings. The highest BCUT2D eigenvalue weighted by atomic mass is 127. The van der Waals surface area contributed by atoms with Gasteiger partial charge in [-0.1, -0.05) is 23.2 Å². The molecule has 0 bridgehead atoms. The first-order chi connectivity index (χ1) is 6.49. The van der Waals surface area contributed by atoms with Gasteiger partial charge < -0.3 is 4.74 Å². The lowest BCUT2D eigenvalue weighted by atomic mass is 10.2. The van der Waals surface area contributed by atoms with Crippen molar-refractivity contribution in [2.75, 3.05) is 7.11 Å². The van der Waals surface area contributed by atoms with Crippen molar-refractivity contribution in [3.8, 4) is 0 Å². The largest absolute Gasteiger partial charge is 0.465 e. The standard InChI is InChI=1S/C8H4Cl2FIO2/c1-14-8(13)3-2-4(9)5(10)7(12)6(3)11/h2H,1H3. The molecule has 0 aliphatic rings. The smallest absolute Gasteiger partial charge is 0.340 e. The zero-order chi connectivity index (χ0) is 10.9. The predicted molar refractivity (Wildman–Crippen MR) is 60.5 cm³/mol. The van der Waals surface area contributed by atoms with Crippen LogP contribution in [0, 0.1) is 9.39 Å². The molecule has 0 aliphatic heterocycles. The quantitative estimate of drug-likeness (QED) is 0.336. The first kappa shape index (κ1) is 12.0. The van der Waals surface area contributed by atoms with E-state index in [-0.39, 0.29) is 19.2 Å². The van der Waals surface area contributed by atoms with Crippen molar-refractivity contribution in [1.82, 2.24) is 0 Å². The van der Waals surface area contributed by atoms with E-state index in [1.807, 2.05) is 0 Å². The highest BCUT2D eigenvalue weighted by molar-refractivity contribution is 14.1. The molecule has 14 heavy (non-hydrogen) atoms. The van der Waals surface area contributed by atoms with Gasteiger partial charge in [-0.05, 0) is 28.7 Å². The summed E-state index contributed by atoms with van der Waals surface area (Å²) in [6.45, 7) is 0. The molecule has 2 nitrogen and oxygen atoms in total. The highest BCUT2D eigenvalue weighted by Crippen LogP contribution is 2.31. The Balaban J connectivity index is 3.40. The summed E-state index contributed by atoms with van der Waals surface area (Å²) in [5.41, 5.74) is -0.216. The van der Waals surface area contributed by atoms with Gasteiger partial charge in [0.25, 0.3) is 0 Å². The van der Waals surface area contributed by atoms with Gasteiger partial charge in [-0.25, -0.2) is 9.18 Å². The lowest BCUT2D eigenvalue weighted by molar-refractivity contribution is 0.0595. The molecular formula is C8H4Cl2FIO2. The molecular weight excluding hydrogens is 345 g/mol. The fraction of sp³-hybridized carbons (Fsp3) is 0.125. The molecule has 0 unspecified atom stereocenters. The van der Waals surface area contributed by atoms with Crippen LogP contribution in [0.25, 0.3) is 0 Å². The zero-order valence-electron chi connectivity index (χ0n) is 6.91. The van der Waals surface area contributed by atoms with E-state index in [1.54, 1.807) is 22.6 Å². The molecule has 0 amide bonds. The number of rotatable bonds is 1. The van der Waals surface area contributed by atoms with Gasteiger partial charge in [0.1, 0.15) is 0 Å². The molecule has 0 saturated carbocycles. The Morgan fingerprint density at radius 1 is 1.57 bits per heavy atom. The Kier molecular flexibility index (Phi) is 3.97. The van der Waals surface area contributed by atoms with Crippen molar-refractivity contribution >= 4 is 51.8 Å². The molecule has 0 saturated heterocycles. The van der Waals surface area contributed by atoms with Crippen LogP contribution in [0.4, 0.5) is 4.39 Å². The maximum absolute atomic E-state index is 13.4. The van der Waals surface area contributed by atoms with E-state index in [0.29, 0.717) is 0 Å². The summed E-state index contributed by atoms with van der Waals surface area (Å²) in [6.07, 6.45) is 0. The average Bonchev–Trinajstić information content (AvgIpc) is 2.19. The van der Waals surface area contributed by atoms with Gasteiger partial charge in [0, 0.05) is 0 Å². The summed E-state index contributed by atoms with van der Waals surface area (Å²) < 4.78 is 17.9. The van der Waals surface area contributed by atoms with Crippen LogP contribution in [0.5, 0.6) is 0 Å². The molecule has 0 aliphatic carbocycles. The number of methoxy groups -OCH3 is 1. The molecule has 0 atom stereocenters. The van der Waals surface area contributed by atoms with Crippen LogP contribution in [-0.4, -0.2) is 13.1 Å². The van der Waals surface area contributed by atoms with E-state index in [1.165, 1.54) is 0 Å². The van der Waals surface area contributed by atoms with E-state index in [2.05, 4.69) is 4.74 Å². The Morgan fingerprint density at radius 3 is 2.64 bits per heavy atom. The van der Waals surface area contributed by atoms with Gasteiger partial charge in [-0.2, -0.15) is 0 Å². The highest BCUT2D eigenvalue weighted by Gasteiger charge is 2.19. The van der Waals surface area contributed by atoms with Crippen LogP contribution in [0.3, 0.4) is 0 Å². The van der Waals surface area contributed by atoms with Crippen LogP contribution in [-0.2, 0) is 4.74 Å². The van der Waals surface area contributed by atoms with Crippen LogP contribution in [0.1, 0.15) is 10.4 Å². The minimum absolute atomic E-state index is 0.0948. The van der Waals surface area contributed by atoms with Crippen LogP contribution in [0.2, 0.25) is 10.0 Å². The Bertz CT molecular complexity index is 395. The summed E-state index contributed by atoms with van der Waals surface area (Å²) >= 11 is 13.0. The third-order valence-electron chi connectivity index (χ3n) is 1.51. The molecule has 76 valence electrons. The number of carbonyl (C=O) groups excluding carboxylic acids is 1. The van der Waals surface area contributed by atoms with Gasteiger partial charge in [-0.3, -0.25) is 0 Å². The second kappa shape index (κ2) is 4.63. The molecule has 1 rings (SSSR count). The van der Waals surface area contributed by atoms with E-state index in [4.69, 9.17) is 23.2 Å². The predicted octanol–water partition coefficient (Wildman–Crippen LogP) is 3.52. The topological polar surface area (TPSA) is 26.3 Å². The summed E-state index contributed by atoms with van der Waals surface area (Å²) in [5.74, 6) is -1.49. The number of hydrogen-bond acceptors (Lipinski definition) is 2. The minimum Gasteiger partial charge on any atom is -0.465 e. The first-order valence-corrected chi connectivity index (χ1v) is 5.23. The van der Waals surface area contributed by atoms with E-state index in [0.717, 1.165) is 13.2 Å². The minimum atomic E-state index is -0.779. The second-order valence-corrected chi connectivity index (χ2v) is 4.20. The normalized spacial score (nSPS) is 10.1. The number of halogens is 4. The van der Waals surface area contributed by atoms with Crippen molar-refractivity contribution in [3.05, 3.63) is 31.1 Å². The molecule has 0 aromatic heterocycles. The second-order valence-electron chi connectivity index (χ2n) is 2.34. The van der Waals surface area contributed by atoms with Crippen molar-refractivity contribution in [2.24, 2.45) is 0 Å². The first-order valence-electron chi connectivity index (χ1n) is 3.40. The lowest BCUT2D eigenvalue weighted by Gasteiger charge is -2.05. The number of benzene rings is 1. The van der Waals surface area contributed by atoms with Crippen molar-refractivity contribution in [1.29, 1.82) is 0 Å². The Hall–Kier alpha value is -0.0700. The molecule has 0 radical (unpaired) electrons. The number of ether oxygens (including phenoxy) is 1. The van der Waals surface area contributed by atoms with Crippen molar-refractivity contribution in [3.63, 3.8) is 0 Å². The van der Waals surface area contributed by atoms with Crippen molar-refractivity contribution in [2.45, 2.75) is 0 Å². The van der Waals surface area contributed by atoms with E-state index >= 15 is 0 Å². The third-order valence-corrected chi connectivity index (χ3v) is 3.63.